The Kier molecular flexibility index (Phi) is 4.30. The summed E-state index contributed by atoms with van der Waals surface area (Å²) in [5.74, 6) is -0.0218. The fraction of sp³-hybridized carbons (Fsp3) is 0.227. The molecule has 0 radical (unpaired) electrons. The lowest BCUT2D eigenvalue weighted by Crippen LogP contribution is -2.29. The van der Waals surface area contributed by atoms with E-state index in [1.54, 1.807) is 10.4 Å². The van der Waals surface area contributed by atoms with Crippen LogP contribution in [0.15, 0.2) is 60.2 Å². The maximum atomic E-state index is 13.1. The molecular formula is C22H19N3O2S. The van der Waals surface area contributed by atoms with Gasteiger partial charge in [-0.15, -0.1) is 11.3 Å². The summed E-state index contributed by atoms with van der Waals surface area (Å²) >= 11 is 1.48. The van der Waals surface area contributed by atoms with E-state index in [1.807, 2.05) is 48.7 Å². The number of hydrogen-bond donors (Lipinski definition) is 1. The fourth-order valence-corrected chi connectivity index (χ4v) is 4.86. The van der Waals surface area contributed by atoms with Crippen molar-refractivity contribution in [2.45, 2.75) is 12.5 Å². The lowest BCUT2D eigenvalue weighted by atomic mass is 9.94. The van der Waals surface area contributed by atoms with Crippen molar-refractivity contribution in [3.63, 3.8) is 0 Å². The highest BCUT2D eigenvalue weighted by molar-refractivity contribution is 7.17. The molecule has 4 aromatic rings. The first-order valence-electron chi connectivity index (χ1n) is 9.33. The van der Waals surface area contributed by atoms with Gasteiger partial charge in [0.05, 0.1) is 32.9 Å². The number of rotatable bonds is 3. The van der Waals surface area contributed by atoms with Crippen LogP contribution in [0.25, 0.3) is 21.1 Å². The zero-order valence-corrected chi connectivity index (χ0v) is 16.0. The number of likely N-dealkylation sites (tertiary alicyclic amines) is 1. The van der Waals surface area contributed by atoms with Crippen LogP contribution >= 0.6 is 11.3 Å². The minimum Gasteiger partial charge on any atom is -0.391 e. The molecule has 0 aliphatic carbocycles. The molecule has 0 unspecified atom stereocenters. The molecule has 3 heterocycles. The highest BCUT2D eigenvalue weighted by Crippen LogP contribution is 2.29. The molecule has 5 rings (SSSR count). The number of hydrogen-bond acceptors (Lipinski definition) is 5. The summed E-state index contributed by atoms with van der Waals surface area (Å²) in [6, 6.07) is 15.7. The summed E-state index contributed by atoms with van der Waals surface area (Å²) in [6.45, 7) is 0.910. The summed E-state index contributed by atoms with van der Waals surface area (Å²) in [6.07, 6.45) is 2.00. The van der Waals surface area contributed by atoms with Gasteiger partial charge < -0.3 is 10.0 Å². The Morgan fingerprint density at radius 2 is 1.93 bits per heavy atom. The Morgan fingerprint density at radius 1 is 1.07 bits per heavy atom. The van der Waals surface area contributed by atoms with Gasteiger partial charge in [-0.1, -0.05) is 24.3 Å². The van der Waals surface area contributed by atoms with E-state index in [0.717, 1.165) is 33.1 Å². The first-order chi connectivity index (χ1) is 13.7. The number of fused-ring (bicyclic) bond motifs is 2. The third-order valence-corrected chi connectivity index (χ3v) is 6.38. The van der Waals surface area contributed by atoms with Crippen molar-refractivity contribution in [1.29, 1.82) is 0 Å². The van der Waals surface area contributed by atoms with Crippen molar-refractivity contribution in [3.05, 3.63) is 71.4 Å². The lowest BCUT2D eigenvalue weighted by molar-refractivity contribution is 0.0766. The molecule has 1 amide bonds. The third-order valence-electron chi connectivity index (χ3n) is 5.50. The zero-order valence-electron chi connectivity index (χ0n) is 15.2. The molecule has 2 aromatic heterocycles. The molecule has 2 atom stereocenters. The van der Waals surface area contributed by atoms with Crippen LogP contribution in [0.1, 0.15) is 15.9 Å². The Hall–Kier alpha value is -2.83. The van der Waals surface area contributed by atoms with Crippen molar-refractivity contribution in [1.82, 2.24) is 14.9 Å². The number of carbonyl (C=O) groups is 1. The molecule has 1 aliphatic heterocycles. The normalized spacial score (nSPS) is 19.5. The highest BCUT2D eigenvalue weighted by Gasteiger charge is 2.35. The second kappa shape index (κ2) is 6.96. The van der Waals surface area contributed by atoms with Crippen molar-refractivity contribution >= 4 is 38.4 Å². The molecule has 0 bridgehead atoms. The lowest BCUT2D eigenvalue weighted by Gasteiger charge is -2.17. The average molecular weight is 389 g/mol. The van der Waals surface area contributed by atoms with E-state index in [-0.39, 0.29) is 11.8 Å². The molecule has 1 N–H and O–H groups in total. The van der Waals surface area contributed by atoms with E-state index in [0.29, 0.717) is 18.7 Å². The van der Waals surface area contributed by atoms with Crippen molar-refractivity contribution < 1.29 is 9.90 Å². The van der Waals surface area contributed by atoms with E-state index >= 15 is 0 Å². The van der Waals surface area contributed by atoms with Gasteiger partial charge in [-0.2, -0.15) is 0 Å². The first-order valence-corrected chi connectivity index (χ1v) is 10.2. The topological polar surface area (TPSA) is 66.3 Å². The van der Waals surface area contributed by atoms with Crippen LogP contribution in [0.4, 0.5) is 0 Å². The number of aliphatic hydroxyl groups is 1. The van der Waals surface area contributed by atoms with E-state index < -0.39 is 6.10 Å². The number of pyridine rings is 1. The largest absolute Gasteiger partial charge is 0.391 e. The predicted octanol–water partition coefficient (Wildman–Crippen LogP) is 3.52. The van der Waals surface area contributed by atoms with Gasteiger partial charge in [0.1, 0.15) is 0 Å². The van der Waals surface area contributed by atoms with Gasteiger partial charge in [-0.25, -0.2) is 4.98 Å². The molecule has 0 spiro atoms. The number of aromatic nitrogens is 2. The van der Waals surface area contributed by atoms with Crippen molar-refractivity contribution in [2.75, 3.05) is 13.1 Å². The maximum Gasteiger partial charge on any atom is 0.255 e. The van der Waals surface area contributed by atoms with Gasteiger partial charge in [0.25, 0.3) is 5.91 Å². The number of β-amino-alcohol motifs (C(OH)–C–C–N with tert-alkyl or cyclic N) is 1. The average Bonchev–Trinajstić information content (AvgIpc) is 3.34. The molecule has 5 nitrogen and oxygen atoms in total. The SMILES string of the molecule is O=C(c1cccc2ncsc12)N1C[C@@H](Cc2ccnc3ccccc23)[C@H](O)C1. The molecule has 6 heteroatoms. The summed E-state index contributed by atoms with van der Waals surface area (Å²) in [5, 5.41) is 11.8. The van der Waals surface area contributed by atoms with Crippen molar-refractivity contribution in [3.8, 4) is 0 Å². The molecular weight excluding hydrogens is 370 g/mol. The smallest absolute Gasteiger partial charge is 0.255 e. The predicted molar refractivity (Wildman–Crippen MR) is 110 cm³/mol. The number of aliphatic hydroxyl groups excluding tert-OH is 1. The van der Waals surface area contributed by atoms with E-state index in [1.165, 1.54) is 11.3 Å². The van der Waals surface area contributed by atoms with Crippen molar-refractivity contribution in [2.24, 2.45) is 5.92 Å². The Labute approximate surface area is 166 Å². The quantitative estimate of drug-likeness (QED) is 0.582. The number of carbonyl (C=O) groups excluding carboxylic acids is 1. The van der Waals surface area contributed by atoms with Crippen LogP contribution in [0.2, 0.25) is 0 Å². The van der Waals surface area contributed by atoms with Crippen LogP contribution in [0.3, 0.4) is 0 Å². The minimum absolute atomic E-state index is 0.00965. The van der Waals surface area contributed by atoms with Gasteiger partial charge in [-0.05, 0) is 36.2 Å². The van der Waals surface area contributed by atoms with Crippen LogP contribution in [0, 0.1) is 5.92 Å². The molecule has 2 aromatic carbocycles. The summed E-state index contributed by atoms with van der Waals surface area (Å²) in [5.41, 5.74) is 5.39. The van der Waals surface area contributed by atoms with Crippen LogP contribution in [0.5, 0.6) is 0 Å². The van der Waals surface area contributed by atoms with Gasteiger partial charge in [-0.3, -0.25) is 9.78 Å². The van der Waals surface area contributed by atoms with Crippen LogP contribution in [-0.2, 0) is 6.42 Å². The van der Waals surface area contributed by atoms with E-state index in [9.17, 15) is 9.90 Å². The number of para-hydroxylation sites is 1. The standard InChI is InChI=1S/C22H19N3O2S/c26-20-12-25(22(27)17-5-3-7-19-21(17)28-13-24-19)11-15(20)10-14-8-9-23-18-6-2-1-4-16(14)18/h1-9,13,15,20,26H,10-12H2/t15-,20-/m1/s1. The molecule has 0 saturated carbocycles. The molecule has 140 valence electrons. The molecule has 28 heavy (non-hydrogen) atoms. The second-order valence-electron chi connectivity index (χ2n) is 7.24. The van der Waals surface area contributed by atoms with Crippen LogP contribution in [-0.4, -0.2) is 45.1 Å². The highest BCUT2D eigenvalue weighted by atomic mass is 32.1. The van der Waals surface area contributed by atoms with Crippen LogP contribution < -0.4 is 0 Å². The Bertz CT molecular complexity index is 1170. The molecule has 1 saturated heterocycles. The monoisotopic (exact) mass is 389 g/mol. The summed E-state index contributed by atoms with van der Waals surface area (Å²) in [4.78, 5) is 23.6. The van der Waals surface area contributed by atoms with E-state index in [2.05, 4.69) is 16.0 Å². The van der Waals surface area contributed by atoms with E-state index in [4.69, 9.17) is 0 Å². The van der Waals surface area contributed by atoms with Gasteiger partial charge in [0.2, 0.25) is 0 Å². The number of amides is 1. The fourth-order valence-electron chi connectivity index (χ4n) is 4.06. The number of thiazole rings is 1. The minimum atomic E-state index is -0.531. The first kappa shape index (κ1) is 17.3. The number of benzene rings is 2. The van der Waals surface area contributed by atoms with Gasteiger partial charge >= 0.3 is 0 Å². The second-order valence-corrected chi connectivity index (χ2v) is 8.09. The summed E-state index contributed by atoms with van der Waals surface area (Å²) < 4.78 is 0.908. The Morgan fingerprint density at radius 3 is 2.86 bits per heavy atom. The number of nitrogens with zero attached hydrogens (tertiary/aromatic N) is 3. The molecule has 1 fully saturated rings. The van der Waals surface area contributed by atoms with Gasteiger partial charge in [0, 0.05) is 30.6 Å². The summed E-state index contributed by atoms with van der Waals surface area (Å²) in [7, 11) is 0. The third kappa shape index (κ3) is 2.95. The maximum absolute atomic E-state index is 13.1. The molecule has 1 aliphatic rings. The zero-order chi connectivity index (χ0) is 19.1. The van der Waals surface area contributed by atoms with Gasteiger partial charge in [0.15, 0.2) is 0 Å². The Balaban J connectivity index is 1.39.